The van der Waals surface area contributed by atoms with Crippen LogP contribution in [0.2, 0.25) is 0 Å². The van der Waals surface area contributed by atoms with Crippen molar-refractivity contribution in [1.82, 2.24) is 9.97 Å². The molecule has 1 aliphatic heterocycles. The van der Waals surface area contributed by atoms with Gasteiger partial charge in [0.25, 0.3) is 5.56 Å². The Morgan fingerprint density at radius 2 is 2.00 bits per heavy atom. The van der Waals surface area contributed by atoms with Gasteiger partial charge in [0, 0.05) is 12.0 Å². The maximum atomic E-state index is 14.7. The van der Waals surface area contributed by atoms with Crippen molar-refractivity contribution < 1.29 is 22.3 Å². The second-order valence-electron chi connectivity index (χ2n) is 6.12. The number of hydrogen-bond donors (Lipinski definition) is 1. The molecule has 1 aromatic heterocycles. The van der Waals surface area contributed by atoms with Gasteiger partial charge < -0.3 is 9.72 Å². The van der Waals surface area contributed by atoms with Gasteiger partial charge in [0.05, 0.1) is 29.5 Å². The fourth-order valence-corrected chi connectivity index (χ4v) is 3.61. The molecule has 0 amide bonds. The fourth-order valence-electron chi connectivity index (χ4n) is 3.21. The average molecular weight is 388 g/mol. The molecular formula is C17H16F4N2O2S. The first kappa shape index (κ1) is 18.9. The number of benzene rings is 1. The Labute approximate surface area is 151 Å². The van der Waals surface area contributed by atoms with Gasteiger partial charge in [-0.25, -0.2) is 9.37 Å². The lowest BCUT2D eigenvalue weighted by molar-refractivity contribution is -0.140. The summed E-state index contributed by atoms with van der Waals surface area (Å²) in [5.74, 6) is -0.939. The second-order valence-corrected chi connectivity index (χ2v) is 6.91. The van der Waals surface area contributed by atoms with E-state index < -0.39 is 34.8 Å². The Kier molecular flexibility index (Phi) is 4.87. The van der Waals surface area contributed by atoms with Crippen molar-refractivity contribution in [3.63, 3.8) is 0 Å². The number of aromatic nitrogens is 2. The SMILES string of the molecule is CSc1nc2c(c(=O)[nH]1)CO[C@H](c1c(F)c(C)cc(C)c1C(F)(F)F)C2. The third-order valence-electron chi connectivity index (χ3n) is 4.37. The first-order valence-corrected chi connectivity index (χ1v) is 9.00. The molecule has 1 N–H and O–H groups in total. The Bertz CT molecular complexity index is 924. The first-order chi connectivity index (χ1) is 12.1. The maximum absolute atomic E-state index is 14.7. The van der Waals surface area contributed by atoms with Crippen LogP contribution in [0.1, 0.15) is 39.6 Å². The van der Waals surface area contributed by atoms with E-state index >= 15 is 0 Å². The molecule has 140 valence electrons. The highest BCUT2D eigenvalue weighted by Gasteiger charge is 2.40. The van der Waals surface area contributed by atoms with E-state index in [1.54, 1.807) is 6.26 Å². The number of hydrogen-bond acceptors (Lipinski definition) is 4. The molecule has 0 radical (unpaired) electrons. The number of nitrogens with one attached hydrogen (secondary N) is 1. The Morgan fingerprint density at radius 3 is 2.62 bits per heavy atom. The largest absolute Gasteiger partial charge is 0.417 e. The van der Waals surface area contributed by atoms with Gasteiger partial charge in [0.1, 0.15) is 5.82 Å². The lowest BCUT2D eigenvalue weighted by atomic mass is 9.90. The predicted octanol–water partition coefficient (Wildman–Crippen LogP) is 4.08. The number of H-pyrrole nitrogens is 1. The number of nitrogens with zero attached hydrogens (tertiary/aromatic N) is 1. The van der Waals surface area contributed by atoms with Crippen molar-refractivity contribution in [3.8, 4) is 0 Å². The van der Waals surface area contributed by atoms with Crippen molar-refractivity contribution in [2.24, 2.45) is 0 Å². The number of thioether (sulfide) groups is 1. The van der Waals surface area contributed by atoms with Crippen molar-refractivity contribution in [3.05, 3.63) is 55.7 Å². The topological polar surface area (TPSA) is 55.0 Å². The summed E-state index contributed by atoms with van der Waals surface area (Å²) >= 11 is 1.21. The van der Waals surface area contributed by atoms with Crippen LogP contribution in [0.15, 0.2) is 16.0 Å². The summed E-state index contributed by atoms with van der Waals surface area (Å²) < 4.78 is 60.8. The summed E-state index contributed by atoms with van der Waals surface area (Å²) in [6.07, 6.45) is -4.27. The van der Waals surface area contributed by atoms with Gasteiger partial charge in [-0.3, -0.25) is 4.79 Å². The molecule has 0 spiro atoms. The van der Waals surface area contributed by atoms with Crippen LogP contribution in [0.3, 0.4) is 0 Å². The highest BCUT2D eigenvalue weighted by atomic mass is 32.2. The molecule has 1 aliphatic rings. The molecule has 26 heavy (non-hydrogen) atoms. The molecule has 9 heteroatoms. The molecule has 4 nitrogen and oxygen atoms in total. The third kappa shape index (κ3) is 3.25. The zero-order valence-corrected chi connectivity index (χ0v) is 15.1. The Balaban J connectivity index is 2.15. The van der Waals surface area contributed by atoms with Crippen LogP contribution in [0.5, 0.6) is 0 Å². The van der Waals surface area contributed by atoms with E-state index in [1.807, 2.05) is 0 Å². The van der Waals surface area contributed by atoms with Gasteiger partial charge in [-0.15, -0.1) is 0 Å². The predicted molar refractivity (Wildman–Crippen MR) is 88.7 cm³/mol. The molecule has 0 bridgehead atoms. The number of ether oxygens (including phenoxy) is 1. The van der Waals surface area contributed by atoms with E-state index in [0.29, 0.717) is 10.9 Å². The standard InChI is InChI=1S/C17H16F4N2O2S/c1-7-4-8(2)14(18)12(13(7)17(19,20)21)11-5-10-9(6-25-11)15(24)23-16(22-10)26-3/h4,11H,5-6H2,1-3H3,(H,22,23,24)/t11-/m0/s1. The van der Waals surface area contributed by atoms with E-state index in [-0.39, 0.29) is 29.7 Å². The summed E-state index contributed by atoms with van der Waals surface area (Å²) in [5.41, 5.74) is -1.29. The van der Waals surface area contributed by atoms with Gasteiger partial charge >= 0.3 is 6.18 Å². The normalized spacial score (nSPS) is 17.3. The molecule has 2 aromatic rings. The minimum Gasteiger partial charge on any atom is -0.368 e. The summed E-state index contributed by atoms with van der Waals surface area (Å²) in [7, 11) is 0. The van der Waals surface area contributed by atoms with Gasteiger partial charge in [0.2, 0.25) is 0 Å². The second kappa shape index (κ2) is 6.70. The molecule has 0 saturated heterocycles. The zero-order chi connectivity index (χ0) is 19.2. The lowest BCUT2D eigenvalue weighted by Gasteiger charge is -2.28. The van der Waals surface area contributed by atoms with E-state index in [4.69, 9.17) is 4.74 Å². The van der Waals surface area contributed by atoms with Gasteiger partial charge in [-0.1, -0.05) is 17.8 Å². The number of aryl methyl sites for hydroxylation is 2. The number of halogens is 4. The van der Waals surface area contributed by atoms with Crippen molar-refractivity contribution in [2.45, 2.75) is 44.3 Å². The van der Waals surface area contributed by atoms with Crippen molar-refractivity contribution >= 4 is 11.8 Å². The van der Waals surface area contributed by atoms with Crippen LogP contribution in [0.4, 0.5) is 17.6 Å². The number of alkyl halides is 3. The first-order valence-electron chi connectivity index (χ1n) is 7.78. The van der Waals surface area contributed by atoms with Crippen LogP contribution in [0, 0.1) is 19.7 Å². The summed E-state index contributed by atoms with van der Waals surface area (Å²) in [6.45, 7) is 2.49. The molecule has 3 rings (SSSR count). The quantitative estimate of drug-likeness (QED) is 0.479. The van der Waals surface area contributed by atoms with Gasteiger partial charge in [0.15, 0.2) is 5.16 Å². The molecular weight excluding hydrogens is 372 g/mol. The van der Waals surface area contributed by atoms with Crippen LogP contribution < -0.4 is 5.56 Å². The highest BCUT2D eigenvalue weighted by Crippen LogP contribution is 2.42. The van der Waals surface area contributed by atoms with E-state index in [0.717, 1.165) is 0 Å². The summed E-state index contributed by atoms with van der Waals surface area (Å²) in [6, 6.07) is 1.17. The summed E-state index contributed by atoms with van der Waals surface area (Å²) in [5, 5.41) is 0.353. The molecule has 1 aromatic carbocycles. The molecule has 0 unspecified atom stereocenters. The number of aromatic amines is 1. The van der Waals surface area contributed by atoms with Crippen LogP contribution in [-0.4, -0.2) is 16.2 Å². The van der Waals surface area contributed by atoms with Crippen LogP contribution >= 0.6 is 11.8 Å². The number of rotatable bonds is 2. The molecule has 0 fully saturated rings. The van der Waals surface area contributed by atoms with Gasteiger partial charge in [-0.05, 0) is 31.2 Å². The molecule has 1 atom stereocenters. The third-order valence-corrected chi connectivity index (χ3v) is 4.95. The monoisotopic (exact) mass is 388 g/mol. The Hall–Kier alpha value is -1.87. The maximum Gasteiger partial charge on any atom is 0.417 e. The van der Waals surface area contributed by atoms with E-state index in [2.05, 4.69) is 9.97 Å². The molecule has 2 heterocycles. The van der Waals surface area contributed by atoms with Crippen LogP contribution in [-0.2, 0) is 23.9 Å². The van der Waals surface area contributed by atoms with Crippen molar-refractivity contribution in [2.75, 3.05) is 6.26 Å². The minimum absolute atomic E-state index is 0.0653. The summed E-state index contributed by atoms with van der Waals surface area (Å²) in [4.78, 5) is 18.9. The smallest absolute Gasteiger partial charge is 0.368 e. The number of fused-ring (bicyclic) bond motifs is 1. The lowest BCUT2D eigenvalue weighted by Crippen LogP contribution is -2.28. The Morgan fingerprint density at radius 1 is 1.31 bits per heavy atom. The van der Waals surface area contributed by atoms with Gasteiger partial charge in [-0.2, -0.15) is 13.2 Å². The van der Waals surface area contributed by atoms with E-state index in [1.165, 1.54) is 31.7 Å². The average Bonchev–Trinajstić information content (AvgIpc) is 2.56. The zero-order valence-electron chi connectivity index (χ0n) is 14.3. The molecule has 0 saturated carbocycles. The molecule has 0 aliphatic carbocycles. The highest BCUT2D eigenvalue weighted by molar-refractivity contribution is 7.98. The van der Waals surface area contributed by atoms with E-state index in [9.17, 15) is 22.4 Å². The fraction of sp³-hybridized carbons (Fsp3) is 0.412. The minimum atomic E-state index is -4.72. The van der Waals surface area contributed by atoms with Crippen molar-refractivity contribution in [1.29, 1.82) is 0 Å². The van der Waals surface area contributed by atoms with Crippen LogP contribution in [0.25, 0.3) is 0 Å².